The highest BCUT2D eigenvalue weighted by molar-refractivity contribution is 5.69. The van der Waals surface area contributed by atoms with Crippen LogP contribution >= 0.6 is 0 Å². The van der Waals surface area contributed by atoms with Gasteiger partial charge in [-0.25, -0.2) is 0 Å². The zero-order valence-corrected chi connectivity index (χ0v) is 12.3. The molecule has 0 N–H and O–H groups in total. The van der Waals surface area contributed by atoms with Gasteiger partial charge in [0.2, 0.25) is 0 Å². The molecular weight excluding hydrogens is 260 g/mol. The molecule has 2 nitrogen and oxygen atoms in total. The molecule has 0 saturated heterocycles. The fourth-order valence-corrected chi connectivity index (χ4v) is 2.10. The number of hydrogen-bond donors (Lipinski definition) is 0. The lowest BCUT2D eigenvalue weighted by atomic mass is 10.0. The van der Waals surface area contributed by atoms with E-state index >= 15 is 0 Å². The molecule has 21 heavy (non-hydrogen) atoms. The number of carbonyl (C=O) groups excluding carboxylic acids is 1. The van der Waals surface area contributed by atoms with Gasteiger partial charge in [0.25, 0.3) is 0 Å². The van der Waals surface area contributed by atoms with Crippen LogP contribution in [0.15, 0.2) is 60.7 Å². The van der Waals surface area contributed by atoms with Crippen molar-refractivity contribution >= 4 is 12.0 Å². The average molecular weight is 280 g/mol. The number of allylic oxidation sites excluding steroid dienone is 1. The minimum Gasteiger partial charge on any atom is -0.469 e. The number of esters is 1. The molecule has 0 unspecified atom stereocenters. The van der Waals surface area contributed by atoms with Crippen LogP contribution in [0.2, 0.25) is 0 Å². The molecule has 0 atom stereocenters. The number of hydrogen-bond acceptors (Lipinski definition) is 2. The maximum absolute atomic E-state index is 11.0. The first-order chi connectivity index (χ1) is 10.3. The third-order valence-corrected chi connectivity index (χ3v) is 3.31. The summed E-state index contributed by atoms with van der Waals surface area (Å²) in [6, 6.07) is 18.8. The van der Waals surface area contributed by atoms with E-state index in [4.69, 9.17) is 0 Å². The Morgan fingerprint density at radius 1 is 1.00 bits per heavy atom. The lowest BCUT2D eigenvalue weighted by Gasteiger charge is -2.01. The first kappa shape index (κ1) is 15.0. The van der Waals surface area contributed by atoms with E-state index in [1.165, 1.54) is 23.8 Å². The van der Waals surface area contributed by atoms with Gasteiger partial charge in [-0.3, -0.25) is 4.79 Å². The predicted molar refractivity (Wildman–Crippen MR) is 86.8 cm³/mol. The van der Waals surface area contributed by atoms with Gasteiger partial charge in [-0.2, -0.15) is 0 Å². The Bertz CT molecular complexity index is 583. The molecule has 2 heteroatoms. The van der Waals surface area contributed by atoms with E-state index in [9.17, 15) is 4.79 Å². The molecule has 0 aromatic heterocycles. The summed E-state index contributed by atoms with van der Waals surface area (Å²) in [6.45, 7) is 0. The van der Waals surface area contributed by atoms with Crippen molar-refractivity contribution in [1.82, 2.24) is 0 Å². The van der Waals surface area contributed by atoms with Crippen LogP contribution < -0.4 is 0 Å². The molecule has 0 heterocycles. The predicted octanol–water partition coefficient (Wildman–Crippen LogP) is 4.71. The summed E-state index contributed by atoms with van der Waals surface area (Å²) >= 11 is 0. The van der Waals surface area contributed by atoms with E-state index in [1.54, 1.807) is 0 Å². The number of ether oxygens (including phenoxy) is 1. The summed E-state index contributed by atoms with van der Waals surface area (Å²) in [5.74, 6) is -0.143. The molecule has 0 aliphatic rings. The summed E-state index contributed by atoms with van der Waals surface area (Å²) in [4.78, 5) is 11.0. The second-order valence-corrected chi connectivity index (χ2v) is 4.86. The van der Waals surface area contributed by atoms with Gasteiger partial charge in [0.05, 0.1) is 7.11 Å². The third-order valence-electron chi connectivity index (χ3n) is 3.31. The quantitative estimate of drug-likeness (QED) is 0.566. The third kappa shape index (κ3) is 4.92. The summed E-state index contributed by atoms with van der Waals surface area (Å²) < 4.78 is 4.61. The first-order valence-electron chi connectivity index (χ1n) is 7.18. The highest BCUT2D eigenvalue weighted by atomic mass is 16.5. The Labute approximate surface area is 126 Å². The van der Waals surface area contributed by atoms with Crippen LogP contribution in [0.5, 0.6) is 0 Å². The number of benzene rings is 2. The van der Waals surface area contributed by atoms with Gasteiger partial charge in [0.1, 0.15) is 0 Å². The molecule has 0 amide bonds. The van der Waals surface area contributed by atoms with Crippen molar-refractivity contribution in [3.8, 4) is 11.1 Å². The van der Waals surface area contributed by atoms with Crippen molar-refractivity contribution in [2.24, 2.45) is 0 Å². The van der Waals surface area contributed by atoms with Crippen molar-refractivity contribution in [2.75, 3.05) is 7.11 Å². The zero-order chi connectivity index (χ0) is 14.9. The molecule has 0 spiro atoms. The Morgan fingerprint density at radius 2 is 1.67 bits per heavy atom. The van der Waals surface area contributed by atoms with Gasteiger partial charge in [-0.15, -0.1) is 0 Å². The van der Waals surface area contributed by atoms with E-state index in [-0.39, 0.29) is 5.97 Å². The van der Waals surface area contributed by atoms with Crippen LogP contribution in [-0.4, -0.2) is 13.1 Å². The minimum atomic E-state index is -0.143. The van der Waals surface area contributed by atoms with Crippen LogP contribution in [0, 0.1) is 0 Å². The van der Waals surface area contributed by atoms with Crippen molar-refractivity contribution in [2.45, 2.75) is 19.3 Å². The molecule has 2 aromatic carbocycles. The summed E-state index contributed by atoms with van der Waals surface area (Å²) in [5, 5.41) is 0. The molecule has 0 saturated carbocycles. The summed E-state index contributed by atoms with van der Waals surface area (Å²) in [7, 11) is 1.42. The summed E-state index contributed by atoms with van der Waals surface area (Å²) in [6.07, 6.45) is 6.38. The summed E-state index contributed by atoms with van der Waals surface area (Å²) in [5.41, 5.74) is 3.62. The van der Waals surface area contributed by atoms with Gasteiger partial charge >= 0.3 is 5.97 Å². The van der Waals surface area contributed by atoms with Gasteiger partial charge in [-0.1, -0.05) is 66.7 Å². The van der Waals surface area contributed by atoms with E-state index in [0.29, 0.717) is 6.42 Å². The van der Waals surface area contributed by atoms with Crippen LogP contribution in [0.25, 0.3) is 17.2 Å². The fourth-order valence-electron chi connectivity index (χ4n) is 2.10. The first-order valence-corrected chi connectivity index (χ1v) is 7.18. The molecule has 108 valence electrons. The number of methoxy groups -OCH3 is 1. The number of carbonyl (C=O) groups is 1. The van der Waals surface area contributed by atoms with Crippen molar-refractivity contribution < 1.29 is 9.53 Å². The SMILES string of the molecule is COC(=O)CCC/C=C/c1ccc(-c2ccccc2)cc1. The highest BCUT2D eigenvalue weighted by Crippen LogP contribution is 2.19. The van der Waals surface area contributed by atoms with E-state index in [1.807, 2.05) is 18.2 Å². The highest BCUT2D eigenvalue weighted by Gasteiger charge is 1.98. The zero-order valence-electron chi connectivity index (χ0n) is 12.3. The number of unbranched alkanes of at least 4 members (excludes halogenated alkanes) is 1. The van der Waals surface area contributed by atoms with Crippen LogP contribution in [-0.2, 0) is 9.53 Å². The van der Waals surface area contributed by atoms with Gasteiger partial charge in [-0.05, 0) is 29.5 Å². The van der Waals surface area contributed by atoms with Crippen molar-refractivity contribution in [3.63, 3.8) is 0 Å². The Morgan fingerprint density at radius 3 is 2.33 bits per heavy atom. The fraction of sp³-hybridized carbons (Fsp3) is 0.211. The average Bonchev–Trinajstić information content (AvgIpc) is 2.55. The molecule has 0 radical (unpaired) electrons. The molecule has 0 aliphatic heterocycles. The van der Waals surface area contributed by atoms with Gasteiger partial charge < -0.3 is 4.74 Å². The number of rotatable bonds is 6. The topological polar surface area (TPSA) is 26.3 Å². The molecular formula is C19H20O2. The molecule has 2 aromatic rings. The Balaban J connectivity index is 1.86. The second kappa shape index (κ2) is 8.05. The maximum atomic E-state index is 11.0. The lowest BCUT2D eigenvalue weighted by molar-refractivity contribution is -0.140. The molecule has 2 rings (SSSR count). The smallest absolute Gasteiger partial charge is 0.305 e. The van der Waals surface area contributed by atoms with Crippen LogP contribution in [0.4, 0.5) is 0 Å². The Kier molecular flexibility index (Phi) is 5.77. The molecule has 0 bridgehead atoms. The normalized spacial score (nSPS) is 10.7. The van der Waals surface area contributed by atoms with Crippen molar-refractivity contribution in [3.05, 3.63) is 66.2 Å². The monoisotopic (exact) mass is 280 g/mol. The van der Waals surface area contributed by atoms with Gasteiger partial charge in [0, 0.05) is 6.42 Å². The van der Waals surface area contributed by atoms with Crippen molar-refractivity contribution in [1.29, 1.82) is 0 Å². The second-order valence-electron chi connectivity index (χ2n) is 4.86. The van der Waals surface area contributed by atoms with Crippen LogP contribution in [0.3, 0.4) is 0 Å². The van der Waals surface area contributed by atoms with E-state index < -0.39 is 0 Å². The molecule has 0 aliphatic carbocycles. The minimum absolute atomic E-state index is 0.143. The van der Waals surface area contributed by atoms with Crippen LogP contribution in [0.1, 0.15) is 24.8 Å². The molecule has 0 fully saturated rings. The lowest BCUT2D eigenvalue weighted by Crippen LogP contribution is -1.98. The standard InChI is InChI=1S/C19H20O2/c1-21-19(20)11-7-2-4-8-16-12-14-18(15-13-16)17-9-5-3-6-10-17/h3-6,8-10,12-15H,2,7,11H2,1H3/b8-4+. The maximum Gasteiger partial charge on any atom is 0.305 e. The Hall–Kier alpha value is -2.35. The largest absolute Gasteiger partial charge is 0.469 e. The van der Waals surface area contributed by atoms with E-state index in [0.717, 1.165) is 12.8 Å². The van der Waals surface area contributed by atoms with E-state index in [2.05, 4.69) is 53.3 Å². The van der Waals surface area contributed by atoms with Gasteiger partial charge in [0.15, 0.2) is 0 Å².